The van der Waals surface area contributed by atoms with Gasteiger partial charge in [-0.25, -0.2) is 5.43 Å². The van der Waals surface area contributed by atoms with E-state index in [9.17, 15) is 9.59 Å². The van der Waals surface area contributed by atoms with Crippen molar-refractivity contribution in [1.82, 2.24) is 21.3 Å². The lowest BCUT2D eigenvalue weighted by Crippen LogP contribution is -2.52. The van der Waals surface area contributed by atoms with Crippen LogP contribution >= 0.6 is 0 Å². The van der Waals surface area contributed by atoms with E-state index in [1.165, 1.54) is 25.7 Å². The van der Waals surface area contributed by atoms with Crippen LogP contribution in [0.25, 0.3) is 0 Å². The summed E-state index contributed by atoms with van der Waals surface area (Å²) in [6.45, 7) is 1.39. The maximum Gasteiger partial charge on any atom is 0.324 e. The first kappa shape index (κ1) is 15.3. The van der Waals surface area contributed by atoms with Crippen LogP contribution in [0.2, 0.25) is 0 Å². The molecule has 0 aromatic carbocycles. The number of carbonyl (C=O) groups is 2. The van der Waals surface area contributed by atoms with Crippen LogP contribution in [0.4, 0.5) is 0 Å². The summed E-state index contributed by atoms with van der Waals surface area (Å²) in [6.07, 6.45) is 10.3. The molecule has 1 aliphatic carbocycles. The zero-order chi connectivity index (χ0) is 14.2. The Morgan fingerprint density at radius 3 is 2.25 bits per heavy atom. The van der Waals surface area contributed by atoms with E-state index >= 15 is 0 Å². The molecule has 2 amide bonds. The fourth-order valence-corrected chi connectivity index (χ4v) is 3.06. The topological polar surface area (TPSA) is 73.5 Å². The highest BCUT2D eigenvalue weighted by atomic mass is 16.2. The Balaban J connectivity index is 2.03. The van der Waals surface area contributed by atoms with E-state index in [0.717, 1.165) is 38.6 Å². The summed E-state index contributed by atoms with van der Waals surface area (Å²) in [5.74, 6) is -0.968. The van der Waals surface area contributed by atoms with Crippen molar-refractivity contribution < 1.29 is 9.59 Å². The summed E-state index contributed by atoms with van der Waals surface area (Å²) in [5.41, 5.74) is 7.83. The lowest BCUT2D eigenvalue weighted by molar-refractivity contribution is -0.148. The second-order valence-corrected chi connectivity index (χ2v) is 5.71. The molecule has 1 heterocycles. The van der Waals surface area contributed by atoms with Gasteiger partial charge in [-0.3, -0.25) is 15.0 Å². The predicted octanol–water partition coefficient (Wildman–Crippen LogP) is 0.847. The smallest absolute Gasteiger partial charge is 0.324 e. The van der Waals surface area contributed by atoms with Gasteiger partial charge >= 0.3 is 11.8 Å². The van der Waals surface area contributed by atoms with E-state index in [1.54, 1.807) is 4.90 Å². The first-order valence-electron chi connectivity index (χ1n) is 7.88. The maximum atomic E-state index is 12.3. The second-order valence-electron chi connectivity index (χ2n) is 5.71. The molecule has 6 heteroatoms. The van der Waals surface area contributed by atoms with Crippen LogP contribution in [0.1, 0.15) is 57.8 Å². The van der Waals surface area contributed by atoms with Crippen LogP contribution in [0.3, 0.4) is 0 Å². The van der Waals surface area contributed by atoms with Crippen molar-refractivity contribution in [3.63, 3.8) is 0 Å². The third-order valence-corrected chi connectivity index (χ3v) is 4.19. The summed E-state index contributed by atoms with van der Waals surface area (Å²) in [4.78, 5) is 25.9. The molecule has 0 unspecified atom stereocenters. The number of hydrogen-bond donors (Lipinski definition) is 3. The van der Waals surface area contributed by atoms with Gasteiger partial charge in [-0.15, -0.1) is 0 Å². The van der Waals surface area contributed by atoms with Crippen molar-refractivity contribution in [3.05, 3.63) is 0 Å². The fraction of sp³-hybridized carbons (Fsp3) is 0.857. The lowest BCUT2D eigenvalue weighted by Gasteiger charge is -2.31. The Morgan fingerprint density at radius 1 is 0.900 bits per heavy atom. The third-order valence-electron chi connectivity index (χ3n) is 4.19. The summed E-state index contributed by atoms with van der Waals surface area (Å²) < 4.78 is 0. The molecule has 2 rings (SSSR count). The van der Waals surface area contributed by atoms with Gasteiger partial charge in [0.25, 0.3) is 0 Å². The number of amides is 2. The van der Waals surface area contributed by atoms with Crippen LogP contribution in [0.5, 0.6) is 0 Å². The molecule has 0 aromatic heterocycles. The first-order valence-corrected chi connectivity index (χ1v) is 7.88. The van der Waals surface area contributed by atoms with Gasteiger partial charge in [0, 0.05) is 19.1 Å². The minimum Gasteiger partial charge on any atom is -0.331 e. The van der Waals surface area contributed by atoms with Gasteiger partial charge < -0.3 is 4.90 Å². The number of rotatable bonds is 1. The minimum atomic E-state index is -0.570. The largest absolute Gasteiger partial charge is 0.331 e. The zero-order valence-corrected chi connectivity index (χ0v) is 12.1. The molecular formula is C14H26N4O2. The molecular weight excluding hydrogens is 256 g/mol. The van der Waals surface area contributed by atoms with E-state index < -0.39 is 11.8 Å². The van der Waals surface area contributed by atoms with Crippen molar-refractivity contribution >= 4 is 11.8 Å². The van der Waals surface area contributed by atoms with E-state index in [1.807, 2.05) is 0 Å². The molecule has 114 valence electrons. The minimum absolute atomic E-state index is 0.226. The second kappa shape index (κ2) is 8.21. The Bertz CT molecular complexity index is 325. The Labute approximate surface area is 120 Å². The molecule has 0 spiro atoms. The van der Waals surface area contributed by atoms with E-state index in [2.05, 4.69) is 16.4 Å². The van der Waals surface area contributed by atoms with Crippen molar-refractivity contribution in [2.75, 3.05) is 13.1 Å². The SMILES string of the molecule is O=C1NNNCCCN(C2CCCCCCCC2)C1=O. The highest BCUT2D eigenvalue weighted by Gasteiger charge is 2.28. The third kappa shape index (κ3) is 4.45. The average Bonchev–Trinajstić information content (AvgIpc) is 2.63. The van der Waals surface area contributed by atoms with Gasteiger partial charge in [-0.05, 0) is 19.3 Å². The Kier molecular flexibility index (Phi) is 6.26. The Morgan fingerprint density at radius 2 is 1.55 bits per heavy atom. The van der Waals surface area contributed by atoms with Crippen LogP contribution in [-0.4, -0.2) is 35.8 Å². The molecule has 0 radical (unpaired) electrons. The quantitative estimate of drug-likeness (QED) is 0.623. The summed E-state index contributed by atoms with van der Waals surface area (Å²) in [5, 5.41) is 0. The normalized spacial score (nSPS) is 24.7. The monoisotopic (exact) mass is 282 g/mol. The standard InChI is InChI=1S/C14H26N4O2/c19-13-14(20)18(11-7-10-15-17-16-13)12-8-5-3-1-2-4-6-9-12/h12,15,17H,1-11H2,(H,16,19). The van der Waals surface area contributed by atoms with E-state index in [0.29, 0.717) is 6.54 Å². The number of nitrogens with zero attached hydrogens (tertiary/aromatic N) is 1. The van der Waals surface area contributed by atoms with E-state index in [4.69, 9.17) is 0 Å². The van der Waals surface area contributed by atoms with Crippen LogP contribution in [0, 0.1) is 0 Å². The molecule has 6 nitrogen and oxygen atoms in total. The van der Waals surface area contributed by atoms with E-state index in [-0.39, 0.29) is 6.04 Å². The Hall–Kier alpha value is -1.14. The summed E-state index contributed by atoms with van der Waals surface area (Å²) in [6, 6.07) is 0.226. The van der Waals surface area contributed by atoms with Crippen LogP contribution in [0.15, 0.2) is 0 Å². The van der Waals surface area contributed by atoms with Gasteiger partial charge in [0.05, 0.1) is 0 Å². The molecule has 2 aliphatic rings. The molecule has 3 N–H and O–H groups in total. The van der Waals surface area contributed by atoms with Crippen molar-refractivity contribution in [2.24, 2.45) is 0 Å². The number of hydrogen-bond acceptors (Lipinski definition) is 4. The lowest BCUT2D eigenvalue weighted by atomic mass is 10.0. The number of carbonyl (C=O) groups excluding carboxylic acids is 2. The predicted molar refractivity (Wildman–Crippen MR) is 76.3 cm³/mol. The molecule has 1 saturated carbocycles. The van der Waals surface area contributed by atoms with Crippen LogP contribution < -0.4 is 16.4 Å². The highest BCUT2D eigenvalue weighted by Crippen LogP contribution is 2.21. The molecule has 1 aliphatic heterocycles. The molecule has 20 heavy (non-hydrogen) atoms. The van der Waals surface area contributed by atoms with Crippen LogP contribution in [-0.2, 0) is 9.59 Å². The van der Waals surface area contributed by atoms with Crippen molar-refractivity contribution in [1.29, 1.82) is 0 Å². The maximum absolute atomic E-state index is 12.3. The van der Waals surface area contributed by atoms with Gasteiger partial charge in [0.15, 0.2) is 0 Å². The average molecular weight is 282 g/mol. The van der Waals surface area contributed by atoms with Crippen molar-refractivity contribution in [2.45, 2.75) is 63.8 Å². The fourth-order valence-electron chi connectivity index (χ4n) is 3.06. The molecule has 0 aromatic rings. The number of nitrogens with one attached hydrogen (secondary N) is 3. The van der Waals surface area contributed by atoms with Gasteiger partial charge in [0.2, 0.25) is 0 Å². The summed E-state index contributed by atoms with van der Waals surface area (Å²) >= 11 is 0. The zero-order valence-electron chi connectivity index (χ0n) is 12.1. The number of hydrazine groups is 2. The van der Waals surface area contributed by atoms with Gasteiger partial charge in [-0.1, -0.05) is 38.5 Å². The summed E-state index contributed by atoms with van der Waals surface area (Å²) in [7, 11) is 0. The molecule has 1 saturated heterocycles. The molecule has 2 fully saturated rings. The van der Waals surface area contributed by atoms with Crippen molar-refractivity contribution in [3.8, 4) is 0 Å². The first-order chi connectivity index (χ1) is 9.79. The molecule has 0 atom stereocenters. The van der Waals surface area contributed by atoms with Gasteiger partial charge in [0.1, 0.15) is 0 Å². The highest BCUT2D eigenvalue weighted by molar-refractivity contribution is 6.34. The van der Waals surface area contributed by atoms with Gasteiger partial charge in [-0.2, -0.15) is 5.53 Å². The molecule has 0 bridgehead atoms.